The molecule has 0 bridgehead atoms. The smallest absolute Gasteiger partial charge is 0.412 e. The van der Waals surface area contributed by atoms with Gasteiger partial charge >= 0.3 is 6.09 Å². The van der Waals surface area contributed by atoms with Crippen molar-refractivity contribution < 1.29 is 14.3 Å². The maximum Gasteiger partial charge on any atom is 0.412 e. The van der Waals surface area contributed by atoms with E-state index in [0.717, 1.165) is 23.4 Å². The maximum absolute atomic E-state index is 12.0. The normalized spacial score (nSPS) is 12.0. The lowest BCUT2D eigenvalue weighted by Gasteiger charge is -2.26. The molecule has 0 aliphatic heterocycles. The van der Waals surface area contributed by atoms with Crippen molar-refractivity contribution in [3.05, 3.63) is 23.8 Å². The van der Waals surface area contributed by atoms with Gasteiger partial charge < -0.3 is 14.8 Å². The average molecular weight is 308 g/mol. The van der Waals surface area contributed by atoms with Crippen LogP contribution in [-0.2, 0) is 11.2 Å². The molecule has 1 aromatic carbocycles. The van der Waals surface area contributed by atoms with E-state index in [1.54, 1.807) is 7.11 Å². The standard InChI is InChI=1S/C17H28N2O3/c1-16(2,3)22-15(20)19-14-9-8-13(21-7)10-12(14)11-17(4,5)18-6/h8-10,18H,11H2,1-7H3,(H,19,20). The van der Waals surface area contributed by atoms with Gasteiger partial charge in [-0.1, -0.05) is 0 Å². The Kier molecular flexibility index (Phi) is 5.83. The number of carbonyl (C=O) groups is 1. The van der Waals surface area contributed by atoms with Crippen LogP contribution in [0.15, 0.2) is 18.2 Å². The first-order chi connectivity index (χ1) is 10.1. The summed E-state index contributed by atoms with van der Waals surface area (Å²) in [6, 6.07) is 5.60. The van der Waals surface area contributed by atoms with E-state index in [1.165, 1.54) is 0 Å². The number of likely N-dealkylation sites (N-methyl/N-ethyl adjacent to an activating group) is 1. The van der Waals surface area contributed by atoms with E-state index >= 15 is 0 Å². The fourth-order valence-corrected chi connectivity index (χ4v) is 1.94. The van der Waals surface area contributed by atoms with E-state index in [4.69, 9.17) is 9.47 Å². The second-order valence-corrected chi connectivity index (χ2v) is 6.96. The molecule has 0 aliphatic rings. The number of anilines is 1. The number of hydrogen-bond donors (Lipinski definition) is 2. The van der Waals surface area contributed by atoms with Crippen LogP contribution in [0.2, 0.25) is 0 Å². The first-order valence-corrected chi connectivity index (χ1v) is 7.42. The Morgan fingerprint density at radius 3 is 2.32 bits per heavy atom. The van der Waals surface area contributed by atoms with Gasteiger partial charge in [0.15, 0.2) is 0 Å². The summed E-state index contributed by atoms with van der Waals surface area (Å²) in [5.41, 5.74) is 1.10. The van der Waals surface area contributed by atoms with Crippen LogP contribution in [0, 0.1) is 0 Å². The molecular weight excluding hydrogens is 280 g/mol. The number of rotatable bonds is 5. The van der Waals surface area contributed by atoms with Gasteiger partial charge in [0.2, 0.25) is 0 Å². The Hall–Kier alpha value is -1.75. The molecule has 5 nitrogen and oxygen atoms in total. The highest BCUT2D eigenvalue weighted by molar-refractivity contribution is 5.86. The van der Waals surface area contributed by atoms with Crippen molar-refractivity contribution in [1.82, 2.24) is 5.32 Å². The van der Waals surface area contributed by atoms with Crippen LogP contribution in [0.5, 0.6) is 5.75 Å². The Balaban J connectivity index is 3.00. The minimum Gasteiger partial charge on any atom is -0.497 e. The first-order valence-electron chi connectivity index (χ1n) is 7.42. The number of ether oxygens (including phenoxy) is 2. The van der Waals surface area contributed by atoms with Crippen molar-refractivity contribution in [3.63, 3.8) is 0 Å². The van der Waals surface area contributed by atoms with Crippen molar-refractivity contribution in [2.45, 2.75) is 52.2 Å². The molecule has 0 saturated heterocycles. The van der Waals surface area contributed by atoms with Gasteiger partial charge in [-0.05, 0) is 71.8 Å². The Morgan fingerprint density at radius 1 is 1.18 bits per heavy atom. The highest BCUT2D eigenvalue weighted by Gasteiger charge is 2.21. The number of carbonyl (C=O) groups excluding carboxylic acids is 1. The summed E-state index contributed by atoms with van der Waals surface area (Å²) in [4.78, 5) is 12.0. The summed E-state index contributed by atoms with van der Waals surface area (Å²) in [6.07, 6.45) is 0.285. The van der Waals surface area contributed by atoms with E-state index < -0.39 is 11.7 Å². The third kappa shape index (κ3) is 5.93. The third-order valence-corrected chi connectivity index (χ3v) is 3.26. The number of methoxy groups -OCH3 is 1. The molecule has 0 spiro atoms. The Bertz CT molecular complexity index is 519. The summed E-state index contributed by atoms with van der Waals surface area (Å²) < 4.78 is 10.6. The van der Waals surface area contributed by atoms with Gasteiger partial charge in [0.05, 0.1) is 7.11 Å². The lowest BCUT2D eigenvalue weighted by Crippen LogP contribution is -2.38. The quantitative estimate of drug-likeness (QED) is 0.873. The molecule has 0 fully saturated rings. The van der Waals surface area contributed by atoms with E-state index in [9.17, 15) is 4.79 Å². The maximum atomic E-state index is 12.0. The molecule has 0 heterocycles. The second-order valence-electron chi connectivity index (χ2n) is 6.96. The number of amides is 1. The lowest BCUT2D eigenvalue weighted by molar-refractivity contribution is 0.0635. The topological polar surface area (TPSA) is 59.6 Å². The number of nitrogens with one attached hydrogen (secondary N) is 2. The Morgan fingerprint density at radius 2 is 1.82 bits per heavy atom. The number of hydrogen-bond acceptors (Lipinski definition) is 4. The summed E-state index contributed by atoms with van der Waals surface area (Å²) in [6.45, 7) is 9.72. The molecule has 0 atom stereocenters. The van der Waals surface area contributed by atoms with Crippen LogP contribution in [0.4, 0.5) is 10.5 Å². The van der Waals surface area contributed by atoms with Crippen LogP contribution in [0.25, 0.3) is 0 Å². The zero-order valence-corrected chi connectivity index (χ0v) is 14.7. The van der Waals surface area contributed by atoms with Crippen LogP contribution in [0.1, 0.15) is 40.2 Å². The highest BCUT2D eigenvalue weighted by atomic mass is 16.6. The molecule has 22 heavy (non-hydrogen) atoms. The average Bonchev–Trinajstić information content (AvgIpc) is 2.38. The third-order valence-electron chi connectivity index (χ3n) is 3.26. The van der Waals surface area contributed by atoms with Gasteiger partial charge in [-0.15, -0.1) is 0 Å². The van der Waals surface area contributed by atoms with Gasteiger partial charge in [-0.3, -0.25) is 5.32 Å². The van der Waals surface area contributed by atoms with E-state index in [2.05, 4.69) is 24.5 Å². The van der Waals surface area contributed by atoms with Gasteiger partial charge in [0.1, 0.15) is 11.4 Å². The highest BCUT2D eigenvalue weighted by Crippen LogP contribution is 2.26. The number of benzene rings is 1. The van der Waals surface area contributed by atoms with E-state index in [0.29, 0.717) is 0 Å². The molecule has 0 saturated carbocycles. The SMILES string of the molecule is CNC(C)(C)Cc1cc(OC)ccc1NC(=O)OC(C)(C)C. The van der Waals surface area contributed by atoms with Gasteiger partial charge in [-0.2, -0.15) is 0 Å². The monoisotopic (exact) mass is 308 g/mol. The molecular formula is C17H28N2O3. The van der Waals surface area contributed by atoms with E-state index in [-0.39, 0.29) is 5.54 Å². The molecule has 5 heteroatoms. The molecule has 1 rings (SSSR count). The second kappa shape index (κ2) is 7.01. The van der Waals surface area contributed by atoms with Crippen molar-refractivity contribution in [2.24, 2.45) is 0 Å². The first kappa shape index (κ1) is 18.3. The Labute approximate surface area is 133 Å². The minimum atomic E-state index is -0.527. The molecule has 1 amide bonds. The molecule has 0 radical (unpaired) electrons. The summed E-state index contributed by atoms with van der Waals surface area (Å²) in [5.74, 6) is 0.761. The minimum absolute atomic E-state index is 0.100. The molecule has 0 aliphatic carbocycles. The van der Waals surface area contributed by atoms with E-state index in [1.807, 2.05) is 46.0 Å². The van der Waals surface area contributed by atoms with Crippen molar-refractivity contribution in [1.29, 1.82) is 0 Å². The van der Waals surface area contributed by atoms with Gasteiger partial charge in [0.25, 0.3) is 0 Å². The van der Waals surface area contributed by atoms with Crippen molar-refractivity contribution in [3.8, 4) is 5.75 Å². The van der Waals surface area contributed by atoms with Crippen LogP contribution >= 0.6 is 0 Å². The molecule has 2 N–H and O–H groups in total. The lowest BCUT2D eigenvalue weighted by atomic mass is 9.94. The fourth-order valence-electron chi connectivity index (χ4n) is 1.94. The predicted molar refractivity (Wildman–Crippen MR) is 89.7 cm³/mol. The van der Waals surface area contributed by atoms with Gasteiger partial charge in [0, 0.05) is 11.2 Å². The van der Waals surface area contributed by atoms with Crippen LogP contribution in [0.3, 0.4) is 0 Å². The summed E-state index contributed by atoms with van der Waals surface area (Å²) in [7, 11) is 3.55. The predicted octanol–water partition coefficient (Wildman–Crippen LogP) is 3.58. The van der Waals surface area contributed by atoms with Crippen LogP contribution in [-0.4, -0.2) is 31.4 Å². The van der Waals surface area contributed by atoms with Gasteiger partial charge in [-0.25, -0.2) is 4.79 Å². The fraction of sp³-hybridized carbons (Fsp3) is 0.588. The van der Waals surface area contributed by atoms with Crippen LogP contribution < -0.4 is 15.4 Å². The molecule has 0 unspecified atom stereocenters. The zero-order valence-electron chi connectivity index (χ0n) is 14.7. The van der Waals surface area contributed by atoms with Crippen molar-refractivity contribution in [2.75, 3.05) is 19.5 Å². The molecule has 0 aromatic heterocycles. The molecule has 124 valence electrons. The summed E-state index contributed by atoms with van der Waals surface area (Å²) >= 11 is 0. The zero-order chi connectivity index (χ0) is 17.0. The summed E-state index contributed by atoms with van der Waals surface area (Å²) in [5, 5.41) is 6.08. The largest absolute Gasteiger partial charge is 0.497 e. The molecule has 1 aromatic rings. The van der Waals surface area contributed by atoms with Crippen molar-refractivity contribution >= 4 is 11.8 Å².